The molecule has 3 N–H and O–H groups in total. The van der Waals surface area contributed by atoms with Crippen LogP contribution in [-0.2, 0) is 4.79 Å². The molecule has 0 aliphatic rings. The van der Waals surface area contributed by atoms with E-state index in [1.165, 1.54) is 6.92 Å². The number of rotatable bonds is 2. The molecule has 2 aromatic heterocycles. The molecule has 0 unspecified atom stereocenters. The largest absolute Gasteiger partial charge is 0.353 e. The molecule has 0 saturated carbocycles. The highest BCUT2D eigenvalue weighted by Crippen LogP contribution is 2.28. The van der Waals surface area contributed by atoms with E-state index in [4.69, 9.17) is 0 Å². The number of hydrogen-bond donors (Lipinski definition) is 3. The minimum atomic E-state index is -0.0787. The number of benzene rings is 1. The maximum absolute atomic E-state index is 11.2. The van der Waals surface area contributed by atoms with Gasteiger partial charge in [-0.2, -0.15) is 5.10 Å². The normalized spacial score (nSPS) is 10.7. The smallest absolute Gasteiger partial charge is 0.221 e. The fourth-order valence-electron chi connectivity index (χ4n) is 2.00. The van der Waals surface area contributed by atoms with Gasteiger partial charge in [0.2, 0.25) is 5.91 Å². The van der Waals surface area contributed by atoms with Gasteiger partial charge in [-0.25, -0.2) is 0 Å². The van der Waals surface area contributed by atoms with E-state index in [0.29, 0.717) is 0 Å². The molecule has 3 aromatic rings. The summed E-state index contributed by atoms with van der Waals surface area (Å²) in [5.41, 5.74) is 3.54. The van der Waals surface area contributed by atoms with Crippen molar-refractivity contribution in [3.05, 3.63) is 36.5 Å². The number of amides is 1. The second-order valence-corrected chi connectivity index (χ2v) is 4.09. The van der Waals surface area contributed by atoms with Gasteiger partial charge in [-0.15, -0.1) is 0 Å². The van der Waals surface area contributed by atoms with Crippen LogP contribution < -0.4 is 5.32 Å². The van der Waals surface area contributed by atoms with E-state index >= 15 is 0 Å². The Bertz CT molecular complexity index is 697. The van der Waals surface area contributed by atoms with Gasteiger partial charge in [-0.05, 0) is 24.3 Å². The van der Waals surface area contributed by atoms with Crippen molar-refractivity contribution in [1.29, 1.82) is 0 Å². The highest BCUT2D eigenvalue weighted by molar-refractivity contribution is 6.02. The van der Waals surface area contributed by atoms with Crippen LogP contribution in [0.1, 0.15) is 6.92 Å². The second-order valence-electron chi connectivity index (χ2n) is 4.09. The van der Waals surface area contributed by atoms with Crippen molar-refractivity contribution in [2.45, 2.75) is 6.92 Å². The van der Waals surface area contributed by atoms with E-state index in [1.54, 1.807) is 6.20 Å². The summed E-state index contributed by atoms with van der Waals surface area (Å²) in [4.78, 5) is 14.4. The number of nitrogens with zero attached hydrogens (tertiary/aromatic N) is 1. The van der Waals surface area contributed by atoms with Crippen LogP contribution in [0.3, 0.4) is 0 Å². The number of aromatic amines is 2. The van der Waals surface area contributed by atoms with Crippen LogP contribution in [0, 0.1) is 0 Å². The topological polar surface area (TPSA) is 73.6 Å². The molecule has 2 heterocycles. The highest BCUT2D eigenvalue weighted by atomic mass is 16.1. The predicted molar refractivity (Wildman–Crippen MR) is 70.2 cm³/mol. The van der Waals surface area contributed by atoms with Gasteiger partial charge in [0.05, 0.1) is 11.4 Å². The van der Waals surface area contributed by atoms with E-state index in [9.17, 15) is 4.79 Å². The molecule has 0 spiro atoms. The first-order valence-electron chi connectivity index (χ1n) is 5.63. The van der Waals surface area contributed by atoms with Crippen LogP contribution in [0.2, 0.25) is 0 Å². The van der Waals surface area contributed by atoms with Crippen LogP contribution in [0.25, 0.3) is 22.3 Å². The Morgan fingerprint density at radius 1 is 1.33 bits per heavy atom. The number of fused-ring (bicyclic) bond motifs is 1. The number of nitrogens with one attached hydrogen (secondary N) is 3. The van der Waals surface area contributed by atoms with Crippen molar-refractivity contribution < 1.29 is 4.79 Å². The summed E-state index contributed by atoms with van der Waals surface area (Å²) in [7, 11) is 0. The number of H-pyrrole nitrogens is 2. The van der Waals surface area contributed by atoms with E-state index in [1.807, 2.05) is 30.3 Å². The zero-order chi connectivity index (χ0) is 12.5. The molecule has 3 rings (SSSR count). The molecule has 5 heteroatoms. The van der Waals surface area contributed by atoms with Crippen LogP contribution in [0.4, 0.5) is 5.69 Å². The highest BCUT2D eigenvalue weighted by Gasteiger charge is 2.08. The molecule has 18 heavy (non-hydrogen) atoms. The van der Waals surface area contributed by atoms with Crippen molar-refractivity contribution in [3.8, 4) is 11.4 Å². The lowest BCUT2D eigenvalue weighted by atomic mass is 10.2. The molecule has 0 atom stereocenters. The summed E-state index contributed by atoms with van der Waals surface area (Å²) < 4.78 is 0. The van der Waals surface area contributed by atoms with Crippen molar-refractivity contribution in [3.63, 3.8) is 0 Å². The van der Waals surface area contributed by atoms with Crippen molar-refractivity contribution >= 4 is 22.5 Å². The Morgan fingerprint density at radius 2 is 2.22 bits per heavy atom. The van der Waals surface area contributed by atoms with Gasteiger partial charge in [0.15, 0.2) is 0 Å². The minimum absolute atomic E-state index is 0.0787. The summed E-state index contributed by atoms with van der Waals surface area (Å²) in [6.07, 6.45) is 1.77. The van der Waals surface area contributed by atoms with Gasteiger partial charge in [0.25, 0.3) is 0 Å². The molecule has 0 fully saturated rings. The quantitative estimate of drug-likeness (QED) is 0.644. The first-order chi connectivity index (χ1) is 8.74. The maximum Gasteiger partial charge on any atom is 0.221 e. The Labute approximate surface area is 103 Å². The molecule has 0 saturated heterocycles. The fourth-order valence-corrected chi connectivity index (χ4v) is 2.00. The molecule has 0 radical (unpaired) electrons. The van der Waals surface area contributed by atoms with Gasteiger partial charge < -0.3 is 10.3 Å². The third kappa shape index (κ3) is 1.75. The lowest BCUT2D eigenvalue weighted by Gasteiger charge is -2.02. The monoisotopic (exact) mass is 240 g/mol. The Kier molecular flexibility index (Phi) is 2.37. The summed E-state index contributed by atoms with van der Waals surface area (Å²) >= 11 is 0. The van der Waals surface area contributed by atoms with Crippen LogP contribution in [-0.4, -0.2) is 21.1 Å². The number of aromatic nitrogens is 3. The summed E-state index contributed by atoms with van der Waals surface area (Å²) in [6.45, 7) is 1.50. The van der Waals surface area contributed by atoms with Gasteiger partial charge in [-0.1, -0.05) is 6.07 Å². The van der Waals surface area contributed by atoms with Crippen molar-refractivity contribution in [2.75, 3.05) is 5.32 Å². The van der Waals surface area contributed by atoms with E-state index in [2.05, 4.69) is 20.5 Å². The van der Waals surface area contributed by atoms with E-state index < -0.39 is 0 Å². The summed E-state index contributed by atoms with van der Waals surface area (Å²) in [5.74, 6) is -0.0787. The van der Waals surface area contributed by atoms with Crippen LogP contribution in [0.5, 0.6) is 0 Å². The Balaban J connectivity index is 2.14. The first-order valence-corrected chi connectivity index (χ1v) is 5.63. The second kappa shape index (κ2) is 4.03. The molecule has 0 aliphatic carbocycles. The van der Waals surface area contributed by atoms with E-state index in [-0.39, 0.29) is 5.91 Å². The van der Waals surface area contributed by atoms with E-state index in [0.717, 1.165) is 28.0 Å². The average molecular weight is 240 g/mol. The van der Waals surface area contributed by atoms with Crippen LogP contribution in [0.15, 0.2) is 36.5 Å². The predicted octanol–water partition coefficient (Wildman–Crippen LogP) is 2.52. The fraction of sp³-hybridized carbons (Fsp3) is 0.0769. The number of anilines is 1. The maximum atomic E-state index is 11.2. The molecule has 0 aliphatic heterocycles. The number of carbonyl (C=O) groups excluding carboxylic acids is 1. The first kappa shape index (κ1) is 10.6. The third-order valence-corrected chi connectivity index (χ3v) is 2.75. The zero-order valence-electron chi connectivity index (χ0n) is 9.82. The zero-order valence-corrected chi connectivity index (χ0v) is 9.82. The standard InChI is InChI=1S/C13H12N4O/c1-8(18)15-10-3-2-4-11-9(10)7-13(16-11)12-5-6-14-17-12/h2-7,16H,1H3,(H,14,17)(H,15,18). The lowest BCUT2D eigenvalue weighted by molar-refractivity contribution is -0.114. The van der Waals surface area contributed by atoms with Crippen LogP contribution >= 0.6 is 0 Å². The SMILES string of the molecule is CC(=O)Nc1cccc2[nH]c(-c3cc[nH]n3)cc12. The molecule has 5 nitrogen and oxygen atoms in total. The molecule has 0 bridgehead atoms. The third-order valence-electron chi connectivity index (χ3n) is 2.75. The number of carbonyl (C=O) groups is 1. The minimum Gasteiger partial charge on any atom is -0.353 e. The molecule has 1 aromatic carbocycles. The molecular weight excluding hydrogens is 228 g/mol. The van der Waals surface area contributed by atoms with Gasteiger partial charge in [0, 0.05) is 24.0 Å². The molecule has 1 amide bonds. The van der Waals surface area contributed by atoms with Gasteiger partial charge in [-0.3, -0.25) is 9.89 Å². The van der Waals surface area contributed by atoms with Crippen molar-refractivity contribution in [1.82, 2.24) is 15.2 Å². The molecule has 90 valence electrons. The molecular formula is C13H12N4O. The van der Waals surface area contributed by atoms with Crippen molar-refractivity contribution in [2.24, 2.45) is 0 Å². The average Bonchev–Trinajstić information content (AvgIpc) is 2.97. The number of hydrogen-bond acceptors (Lipinski definition) is 2. The Hall–Kier alpha value is -2.56. The van der Waals surface area contributed by atoms with Gasteiger partial charge in [0.1, 0.15) is 5.69 Å². The van der Waals surface area contributed by atoms with Gasteiger partial charge >= 0.3 is 0 Å². The summed E-state index contributed by atoms with van der Waals surface area (Å²) in [6, 6.07) is 9.63. The Morgan fingerprint density at radius 3 is 2.94 bits per heavy atom. The lowest BCUT2D eigenvalue weighted by Crippen LogP contribution is -2.05. The summed E-state index contributed by atoms with van der Waals surface area (Å²) in [5, 5.41) is 10.7.